The van der Waals surface area contributed by atoms with Gasteiger partial charge in [-0.3, -0.25) is 38.9 Å². The van der Waals surface area contributed by atoms with E-state index in [4.69, 9.17) is 50.5 Å². The van der Waals surface area contributed by atoms with E-state index in [9.17, 15) is 28.4 Å². The van der Waals surface area contributed by atoms with Gasteiger partial charge in [-0.15, -0.1) is 0 Å². The van der Waals surface area contributed by atoms with Gasteiger partial charge >= 0.3 is 0 Å². The second-order valence-corrected chi connectivity index (χ2v) is 25.9. The number of aryl methyl sites for hydroxylation is 5. The lowest BCUT2D eigenvalue weighted by Crippen LogP contribution is -2.42. The average Bonchev–Trinajstić information content (AvgIpc) is 0.769. The topological polar surface area (TPSA) is 331 Å². The SMILES string of the molecule is C.Cc1cc(OCCN(C)C)c2oc3cc(F)ccc3c(=O)c2c1.Cc1cc(OCCN(C)C)c2oc3cc(Oc4ccc(CCC(=O)N5CCC(N)CC5)nc4)ccc3c(=O)c2c1.NC1CCN(C(=O)CCc2ccc(O)cn2)CC1.NC1CCNCC1.O=COCCCc1ccc(O)cn1. The van der Waals surface area contributed by atoms with Crippen LogP contribution in [0.2, 0.25) is 0 Å². The van der Waals surface area contributed by atoms with E-state index < -0.39 is 5.82 Å². The lowest BCUT2D eigenvalue weighted by Gasteiger charge is -2.30. The number of carbonyl (C=O) groups is 3. The molecule has 9 aromatic rings. The van der Waals surface area contributed by atoms with Crippen LogP contribution in [0.1, 0.15) is 93.4 Å². The first-order valence-electron chi connectivity index (χ1n) is 34.3. The van der Waals surface area contributed by atoms with E-state index in [0.29, 0.717) is 119 Å². The van der Waals surface area contributed by atoms with Gasteiger partial charge in [0.15, 0.2) is 22.7 Å². The maximum absolute atomic E-state index is 13.4. The molecule has 24 nitrogen and oxygen atoms in total. The third-order valence-electron chi connectivity index (χ3n) is 17.1. The van der Waals surface area contributed by atoms with E-state index in [1.807, 2.05) is 92.0 Å². The van der Waals surface area contributed by atoms with Crippen molar-refractivity contribution in [2.45, 2.75) is 116 Å². The molecule has 12 rings (SSSR count). The van der Waals surface area contributed by atoms with Crippen LogP contribution >= 0.6 is 0 Å². The number of amides is 2. The number of benzene rings is 4. The zero-order valence-corrected chi connectivity index (χ0v) is 58.7. The van der Waals surface area contributed by atoms with Gasteiger partial charge in [-0.1, -0.05) is 7.43 Å². The molecule has 2 amide bonds. The van der Waals surface area contributed by atoms with Crippen LogP contribution in [-0.2, 0) is 38.4 Å². The molecular formula is C77H100FN11O13. The quantitative estimate of drug-likeness (QED) is 0.0221. The number of nitrogens with one attached hydrogen (secondary N) is 1. The monoisotopic (exact) mass is 1410 g/mol. The minimum atomic E-state index is -0.442. The molecule has 3 saturated heterocycles. The molecule has 0 unspecified atom stereocenters. The summed E-state index contributed by atoms with van der Waals surface area (Å²) in [5, 5.41) is 23.1. The van der Waals surface area contributed by atoms with Crippen LogP contribution in [0.25, 0.3) is 43.9 Å². The van der Waals surface area contributed by atoms with Gasteiger partial charge < -0.3 is 80.1 Å². The van der Waals surface area contributed by atoms with Gasteiger partial charge in [0.25, 0.3) is 6.47 Å². The van der Waals surface area contributed by atoms with Gasteiger partial charge in [0, 0.05) is 99.5 Å². The fraction of sp³-hybridized carbons (Fsp3) is 0.429. The molecule has 9 N–H and O–H groups in total. The number of carbonyl (C=O) groups excluding carboxylic acids is 3. The summed E-state index contributed by atoms with van der Waals surface area (Å²) in [6, 6.07) is 27.7. The Balaban J connectivity index is 0.000000199. The fourth-order valence-electron chi connectivity index (χ4n) is 11.2. The Morgan fingerprint density at radius 2 is 1.02 bits per heavy atom. The van der Waals surface area contributed by atoms with Crippen LogP contribution in [0.15, 0.2) is 134 Å². The molecule has 5 aromatic heterocycles. The predicted octanol–water partition coefficient (Wildman–Crippen LogP) is 9.49. The highest BCUT2D eigenvalue weighted by atomic mass is 19.1. The fourth-order valence-corrected chi connectivity index (χ4v) is 11.2. The number of hydrogen-bond donors (Lipinski definition) is 6. The van der Waals surface area contributed by atoms with Crippen LogP contribution in [0, 0.1) is 19.7 Å². The van der Waals surface area contributed by atoms with Gasteiger partial charge in [-0.2, -0.15) is 0 Å². The predicted molar refractivity (Wildman–Crippen MR) is 395 cm³/mol. The summed E-state index contributed by atoms with van der Waals surface area (Å²) in [6.45, 7) is 12.3. The molecular weight excluding hydrogens is 1310 g/mol. The molecule has 0 aliphatic carbocycles. The Morgan fingerprint density at radius 3 is 1.45 bits per heavy atom. The van der Waals surface area contributed by atoms with Crippen LogP contribution < -0.4 is 47.6 Å². The van der Waals surface area contributed by atoms with Crippen molar-refractivity contribution in [2.24, 2.45) is 17.2 Å². The van der Waals surface area contributed by atoms with Crippen LogP contribution in [-0.4, -0.2) is 182 Å². The Labute approximate surface area is 594 Å². The van der Waals surface area contributed by atoms with E-state index in [1.165, 1.54) is 30.6 Å². The molecule has 8 heterocycles. The zero-order chi connectivity index (χ0) is 72.4. The number of piperidine rings is 3. The Hall–Kier alpha value is -9.63. The maximum atomic E-state index is 13.4. The van der Waals surface area contributed by atoms with Gasteiger partial charge in [0.2, 0.25) is 22.7 Å². The number of likely N-dealkylation sites (N-methyl/N-ethyl adjacent to an activating group) is 2. The lowest BCUT2D eigenvalue weighted by molar-refractivity contribution is -0.133. The van der Waals surface area contributed by atoms with E-state index in [1.54, 1.807) is 54.7 Å². The molecule has 0 bridgehead atoms. The molecule has 0 radical (unpaired) electrons. The van der Waals surface area contributed by atoms with Crippen molar-refractivity contribution in [1.29, 1.82) is 0 Å². The molecule has 3 fully saturated rings. The van der Waals surface area contributed by atoms with Gasteiger partial charge in [0.1, 0.15) is 53.2 Å². The lowest BCUT2D eigenvalue weighted by atomic mass is 10.1. The van der Waals surface area contributed by atoms with Crippen LogP contribution in [0.3, 0.4) is 0 Å². The number of aromatic hydroxyl groups is 2. The zero-order valence-electron chi connectivity index (χ0n) is 58.7. The molecule has 3 aliphatic heterocycles. The second-order valence-electron chi connectivity index (χ2n) is 25.9. The highest BCUT2D eigenvalue weighted by molar-refractivity contribution is 5.94. The molecule has 548 valence electrons. The molecule has 0 atom stereocenters. The molecule has 0 saturated carbocycles. The van der Waals surface area contributed by atoms with E-state index >= 15 is 0 Å². The molecule has 102 heavy (non-hydrogen) atoms. The summed E-state index contributed by atoms with van der Waals surface area (Å²) in [7, 11) is 7.86. The summed E-state index contributed by atoms with van der Waals surface area (Å²) < 4.78 is 47.7. The number of pyridine rings is 3. The van der Waals surface area contributed by atoms with Crippen molar-refractivity contribution >= 4 is 62.2 Å². The number of nitrogens with zero attached hydrogens (tertiary/aromatic N) is 7. The molecule has 3 aliphatic rings. The summed E-state index contributed by atoms with van der Waals surface area (Å²) in [6.07, 6.45) is 13.8. The number of likely N-dealkylation sites (tertiary alicyclic amines) is 2. The Bertz CT molecular complexity index is 4250. The number of fused-ring (bicyclic) bond motifs is 4. The van der Waals surface area contributed by atoms with E-state index in [-0.39, 0.29) is 59.3 Å². The number of hydrogen-bond acceptors (Lipinski definition) is 22. The first kappa shape index (κ1) is 79.7. The smallest absolute Gasteiger partial charge is 0.293 e. The van der Waals surface area contributed by atoms with Crippen molar-refractivity contribution in [3.05, 3.63) is 170 Å². The van der Waals surface area contributed by atoms with Crippen LogP contribution in [0.5, 0.6) is 34.5 Å². The summed E-state index contributed by atoms with van der Waals surface area (Å²) in [5.74, 6) is 2.29. The Kier molecular flexibility index (Phi) is 31.3. The maximum Gasteiger partial charge on any atom is 0.293 e. The average molecular weight is 1410 g/mol. The normalized spacial score (nSPS) is 14.1. The largest absolute Gasteiger partial charge is 0.506 e. The standard InChI is InChI=1S/C31H36N4O5.C18H18FNO3.C13H19N3O2.C9H11NO3.C5H12N2.CH4/c1-20-16-26-30(37)25-8-7-23(18-27(25)40-31(26)28(17-20)38-15-14-34(2)3)39-24-6-4-22(33-19-24)5-9-29(36)35-12-10-21(32)11-13-35;1-11-8-14-17(21)13-5-4-12(19)10-15(13)23-18(14)16(9-11)22-7-6-20(2)3;14-10-5-7-16(8-6-10)13(18)4-2-11-1-3-12(17)9-15-11;11-7-13-5-1-2-8-3-4-9(12)6-10-8;6-5-1-3-7-4-2-5;/h4,6-8,16-19,21H,5,9-15,32H2,1-3H3;4-5,8-10H,6-7H2,1-3H3;1,3,9-10,17H,2,4-8,14H2;3-4,6-7,12H,1-2,5H2;5,7H,1-4,6H2;1H4. The number of rotatable bonds is 21. The molecule has 4 aromatic carbocycles. The number of aromatic nitrogens is 3. The van der Waals surface area contributed by atoms with Crippen molar-refractivity contribution in [1.82, 2.24) is 39.9 Å². The first-order valence-corrected chi connectivity index (χ1v) is 34.3. The minimum absolute atomic E-state index is 0. The van der Waals surface area contributed by atoms with Crippen molar-refractivity contribution in [3.63, 3.8) is 0 Å². The number of nitrogens with two attached hydrogens (primary N) is 3. The van der Waals surface area contributed by atoms with Gasteiger partial charge in [-0.25, -0.2) is 4.39 Å². The number of ether oxygens (including phenoxy) is 4. The summed E-state index contributed by atoms with van der Waals surface area (Å²) in [5.41, 5.74) is 22.8. The third-order valence-corrected chi connectivity index (χ3v) is 17.1. The van der Waals surface area contributed by atoms with E-state index in [2.05, 4.69) is 25.0 Å². The summed E-state index contributed by atoms with van der Waals surface area (Å²) >= 11 is 0. The van der Waals surface area contributed by atoms with Crippen molar-refractivity contribution in [2.75, 3.05) is 100 Å². The van der Waals surface area contributed by atoms with Crippen LogP contribution in [0.4, 0.5) is 4.39 Å². The van der Waals surface area contributed by atoms with Crippen molar-refractivity contribution in [3.8, 4) is 34.5 Å². The molecule has 25 heteroatoms. The summed E-state index contributed by atoms with van der Waals surface area (Å²) in [4.78, 5) is 80.5. The van der Waals surface area contributed by atoms with Gasteiger partial charge in [-0.05, 0) is 215 Å². The van der Waals surface area contributed by atoms with E-state index in [0.717, 1.165) is 132 Å². The third kappa shape index (κ3) is 24.9. The second kappa shape index (κ2) is 40.1. The van der Waals surface area contributed by atoms with Gasteiger partial charge in [0.05, 0.1) is 46.7 Å². The highest BCUT2D eigenvalue weighted by Gasteiger charge is 2.23. The minimum Gasteiger partial charge on any atom is -0.506 e. The van der Waals surface area contributed by atoms with Crippen molar-refractivity contribution < 1.29 is 56.8 Å². The number of halogens is 1. The molecule has 0 spiro atoms. The first-order chi connectivity index (χ1) is 48.6. The highest BCUT2D eigenvalue weighted by Crippen LogP contribution is 2.33. The Morgan fingerprint density at radius 1 is 0.578 bits per heavy atom.